The standard InChI is InChI=1S/C22H18FN3S/c1-26-12-15-9-17(20-6-4-8-24-25-20)19(23)11-16(15)18(13-26)22-10-14-5-2-3-7-21(14)27-22/h2-11,18H,12-13H2,1H3. The summed E-state index contributed by atoms with van der Waals surface area (Å²) in [5.74, 6) is -0.0496. The van der Waals surface area contributed by atoms with Crippen LogP contribution in [0.25, 0.3) is 21.3 Å². The molecule has 0 radical (unpaired) electrons. The average molecular weight is 375 g/mol. The van der Waals surface area contributed by atoms with E-state index in [-0.39, 0.29) is 11.7 Å². The first-order chi connectivity index (χ1) is 13.2. The summed E-state index contributed by atoms with van der Waals surface area (Å²) in [5.41, 5.74) is 3.34. The number of hydrogen-bond acceptors (Lipinski definition) is 4. The van der Waals surface area contributed by atoms with E-state index in [2.05, 4.69) is 52.5 Å². The summed E-state index contributed by atoms with van der Waals surface area (Å²) in [5, 5.41) is 9.23. The Bertz CT molecular complexity index is 1090. The van der Waals surface area contributed by atoms with Crippen molar-refractivity contribution in [2.24, 2.45) is 0 Å². The molecule has 0 spiro atoms. The second kappa shape index (κ2) is 6.51. The van der Waals surface area contributed by atoms with Gasteiger partial charge in [-0.05, 0) is 60.0 Å². The van der Waals surface area contributed by atoms with Gasteiger partial charge in [0.25, 0.3) is 0 Å². The van der Waals surface area contributed by atoms with E-state index in [9.17, 15) is 4.39 Å². The Morgan fingerprint density at radius 2 is 2.00 bits per heavy atom. The maximum atomic E-state index is 15.0. The Morgan fingerprint density at radius 3 is 2.81 bits per heavy atom. The molecule has 0 saturated carbocycles. The van der Waals surface area contributed by atoms with Crippen LogP contribution >= 0.6 is 11.3 Å². The van der Waals surface area contributed by atoms with Crippen LogP contribution < -0.4 is 0 Å². The predicted molar refractivity (Wildman–Crippen MR) is 107 cm³/mol. The van der Waals surface area contributed by atoms with Gasteiger partial charge in [-0.2, -0.15) is 10.2 Å². The highest BCUT2D eigenvalue weighted by molar-refractivity contribution is 7.19. The summed E-state index contributed by atoms with van der Waals surface area (Å²) in [7, 11) is 2.12. The van der Waals surface area contributed by atoms with Gasteiger partial charge >= 0.3 is 0 Å². The minimum atomic E-state index is -0.232. The molecule has 1 aliphatic rings. The summed E-state index contributed by atoms with van der Waals surface area (Å²) in [4.78, 5) is 3.59. The third kappa shape index (κ3) is 2.93. The van der Waals surface area contributed by atoms with Gasteiger partial charge in [-0.3, -0.25) is 0 Å². The summed E-state index contributed by atoms with van der Waals surface area (Å²) in [6.07, 6.45) is 1.60. The molecule has 0 saturated heterocycles. The maximum Gasteiger partial charge on any atom is 0.132 e. The number of fused-ring (bicyclic) bond motifs is 2. The molecule has 3 heterocycles. The van der Waals surface area contributed by atoms with Gasteiger partial charge in [0.1, 0.15) is 5.82 Å². The van der Waals surface area contributed by atoms with E-state index in [1.165, 1.54) is 15.0 Å². The number of nitrogens with zero attached hydrogens (tertiary/aromatic N) is 3. The molecule has 2 aromatic heterocycles. The van der Waals surface area contributed by atoms with E-state index >= 15 is 0 Å². The van der Waals surface area contributed by atoms with Crippen molar-refractivity contribution in [3.05, 3.63) is 82.6 Å². The number of aromatic nitrogens is 2. The van der Waals surface area contributed by atoms with E-state index in [1.54, 1.807) is 35.7 Å². The van der Waals surface area contributed by atoms with Gasteiger partial charge in [0.15, 0.2) is 0 Å². The molecule has 5 rings (SSSR count). The fourth-order valence-electron chi connectivity index (χ4n) is 3.92. The average Bonchev–Trinajstić information content (AvgIpc) is 3.12. The molecule has 0 fully saturated rings. The highest BCUT2D eigenvalue weighted by Gasteiger charge is 2.28. The van der Waals surface area contributed by atoms with Gasteiger partial charge < -0.3 is 4.90 Å². The van der Waals surface area contributed by atoms with Crippen molar-refractivity contribution >= 4 is 21.4 Å². The van der Waals surface area contributed by atoms with E-state index in [0.29, 0.717) is 11.3 Å². The Labute approximate surface area is 161 Å². The summed E-state index contributed by atoms with van der Waals surface area (Å²) in [6.45, 7) is 1.70. The van der Waals surface area contributed by atoms with Crippen LogP contribution in [0.5, 0.6) is 0 Å². The van der Waals surface area contributed by atoms with Crippen molar-refractivity contribution in [1.29, 1.82) is 0 Å². The maximum absolute atomic E-state index is 15.0. The second-order valence-electron chi connectivity index (χ2n) is 7.08. The van der Waals surface area contributed by atoms with Gasteiger partial charge in [0, 0.05) is 40.3 Å². The molecule has 1 aliphatic heterocycles. The lowest BCUT2D eigenvalue weighted by Crippen LogP contribution is -2.30. The lowest BCUT2D eigenvalue weighted by molar-refractivity contribution is 0.296. The lowest BCUT2D eigenvalue weighted by Gasteiger charge is -2.32. The molecule has 0 bridgehead atoms. The summed E-state index contributed by atoms with van der Waals surface area (Å²) >= 11 is 1.80. The molecule has 5 heteroatoms. The molecule has 0 aliphatic carbocycles. The first-order valence-corrected chi connectivity index (χ1v) is 9.78. The minimum absolute atomic E-state index is 0.182. The molecule has 2 aromatic carbocycles. The number of rotatable bonds is 2. The number of benzene rings is 2. The Hall–Kier alpha value is -2.63. The highest BCUT2D eigenvalue weighted by Crippen LogP contribution is 2.40. The lowest BCUT2D eigenvalue weighted by atomic mass is 9.87. The third-order valence-electron chi connectivity index (χ3n) is 5.18. The molecule has 134 valence electrons. The smallest absolute Gasteiger partial charge is 0.132 e. The van der Waals surface area contributed by atoms with Crippen LogP contribution in [-0.4, -0.2) is 28.7 Å². The van der Waals surface area contributed by atoms with E-state index in [4.69, 9.17) is 0 Å². The van der Waals surface area contributed by atoms with Crippen LogP contribution in [0.2, 0.25) is 0 Å². The van der Waals surface area contributed by atoms with Gasteiger partial charge in [0.2, 0.25) is 0 Å². The quantitative estimate of drug-likeness (QED) is 0.489. The molecule has 4 aromatic rings. The van der Waals surface area contributed by atoms with E-state index in [1.807, 2.05) is 6.07 Å². The van der Waals surface area contributed by atoms with Gasteiger partial charge in [-0.15, -0.1) is 11.3 Å². The number of halogens is 1. The predicted octanol–water partition coefficient (Wildman–Crippen LogP) is 5.07. The van der Waals surface area contributed by atoms with Crippen molar-refractivity contribution in [1.82, 2.24) is 15.1 Å². The molecule has 27 heavy (non-hydrogen) atoms. The molecule has 3 nitrogen and oxygen atoms in total. The Balaban J connectivity index is 1.64. The van der Waals surface area contributed by atoms with Crippen molar-refractivity contribution in [2.45, 2.75) is 12.5 Å². The van der Waals surface area contributed by atoms with E-state index < -0.39 is 0 Å². The minimum Gasteiger partial charge on any atom is -0.301 e. The molecule has 1 unspecified atom stereocenters. The van der Waals surface area contributed by atoms with Crippen LogP contribution in [0.3, 0.4) is 0 Å². The van der Waals surface area contributed by atoms with Crippen LogP contribution in [-0.2, 0) is 6.54 Å². The van der Waals surface area contributed by atoms with Crippen LogP contribution in [0.4, 0.5) is 4.39 Å². The molecule has 0 amide bonds. The van der Waals surface area contributed by atoms with E-state index in [0.717, 1.165) is 24.2 Å². The first kappa shape index (κ1) is 16.5. The van der Waals surface area contributed by atoms with Gasteiger partial charge in [-0.25, -0.2) is 4.39 Å². The first-order valence-electron chi connectivity index (χ1n) is 8.96. The molecule has 1 atom stereocenters. The zero-order valence-corrected chi connectivity index (χ0v) is 15.7. The Kier molecular flexibility index (Phi) is 3.99. The largest absolute Gasteiger partial charge is 0.301 e. The Morgan fingerprint density at radius 1 is 1.11 bits per heavy atom. The normalized spacial score (nSPS) is 17.2. The van der Waals surface area contributed by atoms with Crippen molar-refractivity contribution < 1.29 is 4.39 Å². The second-order valence-corrected chi connectivity index (χ2v) is 8.19. The van der Waals surface area contributed by atoms with Crippen LogP contribution in [0.15, 0.2) is 60.8 Å². The SMILES string of the molecule is CN1Cc2cc(-c3cccnn3)c(F)cc2C(c2cc3ccccc3s2)C1. The zero-order valence-electron chi connectivity index (χ0n) is 14.9. The highest BCUT2D eigenvalue weighted by atomic mass is 32.1. The number of hydrogen-bond donors (Lipinski definition) is 0. The monoisotopic (exact) mass is 375 g/mol. The van der Waals surface area contributed by atoms with Crippen LogP contribution in [0, 0.1) is 5.82 Å². The fourth-order valence-corrected chi connectivity index (χ4v) is 5.09. The molecule has 0 N–H and O–H groups in total. The van der Waals surface area contributed by atoms with Crippen molar-refractivity contribution in [3.8, 4) is 11.3 Å². The number of likely N-dealkylation sites (N-methyl/N-ethyl adjacent to an activating group) is 1. The fraction of sp³-hybridized carbons (Fsp3) is 0.182. The van der Waals surface area contributed by atoms with Gasteiger partial charge in [-0.1, -0.05) is 18.2 Å². The van der Waals surface area contributed by atoms with Crippen LogP contribution in [0.1, 0.15) is 21.9 Å². The zero-order chi connectivity index (χ0) is 18.4. The van der Waals surface area contributed by atoms with Crippen molar-refractivity contribution in [3.63, 3.8) is 0 Å². The molecular weight excluding hydrogens is 357 g/mol. The van der Waals surface area contributed by atoms with Crippen molar-refractivity contribution in [2.75, 3.05) is 13.6 Å². The topological polar surface area (TPSA) is 29.0 Å². The molecular formula is C22H18FN3S. The van der Waals surface area contributed by atoms with Gasteiger partial charge in [0.05, 0.1) is 5.69 Å². The third-order valence-corrected chi connectivity index (χ3v) is 6.40. The number of thiophene rings is 1. The summed E-state index contributed by atoms with van der Waals surface area (Å²) in [6, 6.07) is 17.9. The summed E-state index contributed by atoms with van der Waals surface area (Å²) < 4.78 is 16.3.